The number of rotatable bonds is 4. The van der Waals surface area contributed by atoms with Gasteiger partial charge in [0.25, 0.3) is 0 Å². The lowest BCUT2D eigenvalue weighted by Crippen LogP contribution is -2.24. The lowest BCUT2D eigenvalue weighted by Gasteiger charge is -2.28. The molecule has 0 spiro atoms. The average molecular weight is 263 g/mol. The van der Waals surface area contributed by atoms with Gasteiger partial charge in [-0.3, -0.25) is 0 Å². The molecular formula is C16H25NO2. The molecule has 1 aliphatic carbocycles. The van der Waals surface area contributed by atoms with Gasteiger partial charge in [0.1, 0.15) is 0 Å². The second kappa shape index (κ2) is 6.29. The van der Waals surface area contributed by atoms with Gasteiger partial charge in [-0.25, -0.2) is 0 Å². The molecule has 2 rings (SSSR count). The first-order chi connectivity index (χ1) is 9.10. The van der Waals surface area contributed by atoms with Gasteiger partial charge in [-0.1, -0.05) is 19.4 Å². The van der Waals surface area contributed by atoms with Crippen LogP contribution >= 0.6 is 0 Å². The summed E-state index contributed by atoms with van der Waals surface area (Å²) in [7, 11) is 1.68. The van der Waals surface area contributed by atoms with Crippen molar-refractivity contribution in [3.05, 3.63) is 23.8 Å². The van der Waals surface area contributed by atoms with Gasteiger partial charge in [0.2, 0.25) is 0 Å². The molecule has 2 N–H and O–H groups in total. The van der Waals surface area contributed by atoms with Crippen molar-refractivity contribution in [3.63, 3.8) is 0 Å². The van der Waals surface area contributed by atoms with Gasteiger partial charge < -0.3 is 15.2 Å². The maximum Gasteiger partial charge on any atom is 0.161 e. The van der Waals surface area contributed by atoms with Crippen molar-refractivity contribution < 1.29 is 9.47 Å². The van der Waals surface area contributed by atoms with Crippen molar-refractivity contribution in [1.82, 2.24) is 0 Å². The predicted molar refractivity (Wildman–Crippen MR) is 77.6 cm³/mol. The van der Waals surface area contributed by atoms with Crippen LogP contribution in [0, 0.1) is 5.92 Å². The van der Waals surface area contributed by atoms with E-state index in [4.69, 9.17) is 15.2 Å². The summed E-state index contributed by atoms with van der Waals surface area (Å²) in [6, 6.07) is 6.00. The standard InChI is InChI=1S/C16H25NO2/c1-11-5-4-6-14(9-11)19-15-8-7-13(12(2)17)10-16(15)18-3/h7-8,10-12,14H,4-6,9,17H2,1-3H3. The molecule has 1 aliphatic rings. The third-order valence-corrected chi connectivity index (χ3v) is 3.90. The summed E-state index contributed by atoms with van der Waals surface area (Å²) in [5.41, 5.74) is 6.96. The number of nitrogens with two attached hydrogens (primary N) is 1. The number of methoxy groups -OCH3 is 1. The molecule has 106 valence electrons. The average Bonchev–Trinajstić information content (AvgIpc) is 2.39. The Morgan fingerprint density at radius 3 is 2.68 bits per heavy atom. The molecule has 0 aromatic heterocycles. The molecule has 19 heavy (non-hydrogen) atoms. The topological polar surface area (TPSA) is 44.5 Å². The Balaban J connectivity index is 2.11. The number of hydrogen-bond acceptors (Lipinski definition) is 3. The van der Waals surface area contributed by atoms with Gasteiger partial charge in [0, 0.05) is 6.04 Å². The summed E-state index contributed by atoms with van der Waals surface area (Å²) in [4.78, 5) is 0. The van der Waals surface area contributed by atoms with E-state index in [1.165, 1.54) is 12.8 Å². The SMILES string of the molecule is COc1cc(C(C)N)ccc1OC1CCCC(C)C1. The molecule has 0 radical (unpaired) electrons. The molecule has 1 aromatic carbocycles. The summed E-state index contributed by atoms with van der Waals surface area (Å²) in [5, 5.41) is 0. The molecule has 0 heterocycles. The highest BCUT2D eigenvalue weighted by Gasteiger charge is 2.21. The zero-order chi connectivity index (χ0) is 13.8. The Bertz CT molecular complexity index is 417. The third kappa shape index (κ3) is 3.63. The van der Waals surface area contributed by atoms with Gasteiger partial charge in [0.15, 0.2) is 11.5 Å². The zero-order valence-electron chi connectivity index (χ0n) is 12.2. The quantitative estimate of drug-likeness (QED) is 0.901. The van der Waals surface area contributed by atoms with E-state index in [0.717, 1.165) is 35.8 Å². The van der Waals surface area contributed by atoms with Crippen LogP contribution in [0.15, 0.2) is 18.2 Å². The van der Waals surface area contributed by atoms with Gasteiger partial charge in [-0.15, -0.1) is 0 Å². The molecule has 1 aromatic rings. The van der Waals surface area contributed by atoms with E-state index < -0.39 is 0 Å². The lowest BCUT2D eigenvalue weighted by molar-refractivity contribution is 0.125. The summed E-state index contributed by atoms with van der Waals surface area (Å²) in [5.74, 6) is 2.38. The van der Waals surface area contributed by atoms with Crippen LogP contribution in [0.4, 0.5) is 0 Å². The largest absolute Gasteiger partial charge is 0.493 e. The van der Waals surface area contributed by atoms with Gasteiger partial charge in [0.05, 0.1) is 13.2 Å². The smallest absolute Gasteiger partial charge is 0.161 e. The van der Waals surface area contributed by atoms with E-state index in [9.17, 15) is 0 Å². The maximum absolute atomic E-state index is 6.12. The Labute approximate surface area is 116 Å². The lowest BCUT2D eigenvalue weighted by atomic mass is 9.89. The fraction of sp³-hybridized carbons (Fsp3) is 0.625. The molecule has 3 heteroatoms. The molecule has 0 amide bonds. The Hall–Kier alpha value is -1.22. The molecule has 0 aliphatic heterocycles. The van der Waals surface area contributed by atoms with E-state index in [1.807, 2.05) is 25.1 Å². The van der Waals surface area contributed by atoms with Crippen molar-refractivity contribution in [3.8, 4) is 11.5 Å². The number of hydrogen-bond donors (Lipinski definition) is 1. The minimum atomic E-state index is 0.0117. The van der Waals surface area contributed by atoms with Gasteiger partial charge in [-0.05, 0) is 49.8 Å². The first-order valence-electron chi connectivity index (χ1n) is 7.20. The van der Waals surface area contributed by atoms with Crippen LogP contribution in [0.5, 0.6) is 11.5 Å². The molecule has 1 saturated carbocycles. The van der Waals surface area contributed by atoms with E-state index in [0.29, 0.717) is 6.10 Å². The van der Waals surface area contributed by atoms with Crippen LogP contribution < -0.4 is 15.2 Å². The normalized spacial score (nSPS) is 24.8. The summed E-state index contributed by atoms with van der Waals surface area (Å²) >= 11 is 0. The molecular weight excluding hydrogens is 238 g/mol. The van der Waals surface area contributed by atoms with Crippen LogP contribution in [0.25, 0.3) is 0 Å². The molecule has 0 saturated heterocycles. The molecule has 3 atom stereocenters. The predicted octanol–water partition coefficient (Wildman–Crippen LogP) is 3.67. The second-order valence-corrected chi connectivity index (χ2v) is 5.71. The van der Waals surface area contributed by atoms with Crippen LogP contribution in [-0.2, 0) is 0 Å². The second-order valence-electron chi connectivity index (χ2n) is 5.71. The van der Waals surface area contributed by atoms with Crippen LogP contribution in [0.1, 0.15) is 51.1 Å². The number of benzene rings is 1. The molecule has 1 fully saturated rings. The van der Waals surface area contributed by atoms with Crippen molar-refractivity contribution >= 4 is 0 Å². The molecule has 3 unspecified atom stereocenters. The zero-order valence-corrected chi connectivity index (χ0v) is 12.2. The van der Waals surface area contributed by atoms with Crippen molar-refractivity contribution in [1.29, 1.82) is 0 Å². The first kappa shape index (κ1) is 14.2. The van der Waals surface area contributed by atoms with E-state index in [2.05, 4.69) is 6.92 Å². The Morgan fingerprint density at radius 1 is 1.26 bits per heavy atom. The molecule has 0 bridgehead atoms. The fourth-order valence-corrected chi connectivity index (χ4v) is 2.73. The Kier molecular flexibility index (Phi) is 4.70. The summed E-state index contributed by atoms with van der Waals surface area (Å²) in [6.45, 7) is 4.27. The number of ether oxygens (including phenoxy) is 2. The van der Waals surface area contributed by atoms with Gasteiger partial charge >= 0.3 is 0 Å². The highest BCUT2D eigenvalue weighted by molar-refractivity contribution is 5.43. The third-order valence-electron chi connectivity index (χ3n) is 3.90. The first-order valence-corrected chi connectivity index (χ1v) is 7.20. The van der Waals surface area contributed by atoms with Crippen molar-refractivity contribution in [2.45, 2.75) is 51.7 Å². The van der Waals surface area contributed by atoms with Crippen molar-refractivity contribution in [2.75, 3.05) is 7.11 Å². The van der Waals surface area contributed by atoms with Crippen LogP contribution in [0.2, 0.25) is 0 Å². The van der Waals surface area contributed by atoms with E-state index in [-0.39, 0.29) is 6.04 Å². The maximum atomic E-state index is 6.12. The monoisotopic (exact) mass is 263 g/mol. The fourth-order valence-electron chi connectivity index (χ4n) is 2.73. The summed E-state index contributed by atoms with van der Waals surface area (Å²) < 4.78 is 11.5. The highest BCUT2D eigenvalue weighted by atomic mass is 16.5. The van der Waals surface area contributed by atoms with Crippen LogP contribution in [0.3, 0.4) is 0 Å². The van der Waals surface area contributed by atoms with E-state index >= 15 is 0 Å². The Morgan fingerprint density at radius 2 is 2.05 bits per heavy atom. The minimum absolute atomic E-state index is 0.0117. The highest BCUT2D eigenvalue weighted by Crippen LogP contribution is 2.34. The van der Waals surface area contributed by atoms with Crippen LogP contribution in [-0.4, -0.2) is 13.2 Å². The summed E-state index contributed by atoms with van der Waals surface area (Å²) in [6.07, 6.45) is 5.17. The van der Waals surface area contributed by atoms with E-state index in [1.54, 1.807) is 7.11 Å². The minimum Gasteiger partial charge on any atom is -0.493 e. The molecule has 3 nitrogen and oxygen atoms in total. The van der Waals surface area contributed by atoms with Gasteiger partial charge in [-0.2, -0.15) is 0 Å². The van der Waals surface area contributed by atoms with Crippen molar-refractivity contribution in [2.24, 2.45) is 11.7 Å².